The Bertz CT molecular complexity index is 77.4. The zero-order chi connectivity index (χ0) is 6.15. The van der Waals surface area contributed by atoms with Crippen LogP contribution in [0.4, 0.5) is 0 Å². The van der Waals surface area contributed by atoms with Gasteiger partial charge in [0, 0.05) is 0 Å². The number of ether oxygens (including phenoxy) is 1. The Kier molecular flexibility index (Phi) is 1.48. The highest BCUT2D eigenvalue weighted by molar-refractivity contribution is 4.78. The maximum atomic E-state index is 8.77. The molecule has 1 aliphatic heterocycles. The number of rotatable bonds is 0. The summed E-state index contributed by atoms with van der Waals surface area (Å²) in [6.07, 6.45) is -2.41. The highest BCUT2D eigenvalue weighted by atomic mass is 16.5. The standard InChI is InChI=1S/C4H9NO3/c5-4-3(7)2(6)1-8-4/h2-4,6-7H,1,5H2. The predicted molar refractivity (Wildman–Crippen MR) is 25.9 cm³/mol. The summed E-state index contributed by atoms with van der Waals surface area (Å²) >= 11 is 0. The average Bonchev–Trinajstić information content (AvgIpc) is 1.98. The highest BCUT2D eigenvalue weighted by Gasteiger charge is 2.31. The van der Waals surface area contributed by atoms with Crippen LogP contribution in [-0.4, -0.2) is 35.3 Å². The number of aliphatic hydroxyl groups is 2. The van der Waals surface area contributed by atoms with Crippen molar-refractivity contribution in [2.45, 2.75) is 18.4 Å². The summed E-state index contributed by atoms with van der Waals surface area (Å²) < 4.78 is 4.66. The molecular formula is C4H9NO3. The fourth-order valence-corrected chi connectivity index (χ4v) is 0.626. The van der Waals surface area contributed by atoms with Gasteiger partial charge in [-0.1, -0.05) is 0 Å². The molecule has 8 heavy (non-hydrogen) atoms. The van der Waals surface area contributed by atoms with E-state index in [-0.39, 0.29) is 6.61 Å². The maximum Gasteiger partial charge on any atom is 0.134 e. The fourth-order valence-electron chi connectivity index (χ4n) is 0.626. The second kappa shape index (κ2) is 1.99. The first kappa shape index (κ1) is 5.97. The van der Waals surface area contributed by atoms with Crippen LogP contribution in [0.3, 0.4) is 0 Å². The van der Waals surface area contributed by atoms with E-state index in [9.17, 15) is 0 Å². The predicted octanol–water partition coefficient (Wildman–Crippen LogP) is -1.98. The van der Waals surface area contributed by atoms with Crippen LogP contribution in [0.15, 0.2) is 0 Å². The van der Waals surface area contributed by atoms with Crippen molar-refractivity contribution in [1.82, 2.24) is 0 Å². The van der Waals surface area contributed by atoms with Gasteiger partial charge in [0.05, 0.1) is 6.61 Å². The van der Waals surface area contributed by atoms with E-state index in [2.05, 4.69) is 4.74 Å². The van der Waals surface area contributed by atoms with Gasteiger partial charge in [0.2, 0.25) is 0 Å². The molecule has 0 aromatic carbocycles. The Balaban J connectivity index is 2.44. The summed E-state index contributed by atoms with van der Waals surface area (Å²) in [4.78, 5) is 0. The molecule has 0 radical (unpaired) electrons. The van der Waals surface area contributed by atoms with Crippen molar-refractivity contribution in [2.75, 3.05) is 6.61 Å². The van der Waals surface area contributed by atoms with Crippen LogP contribution >= 0.6 is 0 Å². The molecule has 1 aliphatic rings. The Labute approximate surface area is 46.9 Å². The third kappa shape index (κ3) is 0.830. The molecule has 1 heterocycles. The van der Waals surface area contributed by atoms with Crippen molar-refractivity contribution in [3.8, 4) is 0 Å². The largest absolute Gasteiger partial charge is 0.388 e. The van der Waals surface area contributed by atoms with Crippen molar-refractivity contribution in [3.63, 3.8) is 0 Å². The summed E-state index contributed by atoms with van der Waals surface area (Å²) in [7, 11) is 0. The second-order valence-electron chi connectivity index (χ2n) is 1.86. The number of aliphatic hydroxyl groups excluding tert-OH is 2. The smallest absolute Gasteiger partial charge is 0.134 e. The molecule has 4 nitrogen and oxygen atoms in total. The van der Waals surface area contributed by atoms with Gasteiger partial charge in [0.25, 0.3) is 0 Å². The lowest BCUT2D eigenvalue weighted by molar-refractivity contribution is 0.0265. The van der Waals surface area contributed by atoms with Crippen molar-refractivity contribution < 1.29 is 14.9 Å². The van der Waals surface area contributed by atoms with E-state index in [0.29, 0.717) is 0 Å². The number of hydrogen-bond donors (Lipinski definition) is 3. The second-order valence-corrected chi connectivity index (χ2v) is 1.86. The van der Waals surface area contributed by atoms with Crippen LogP contribution in [0.5, 0.6) is 0 Å². The van der Waals surface area contributed by atoms with Gasteiger partial charge < -0.3 is 20.7 Å². The van der Waals surface area contributed by atoms with Gasteiger partial charge >= 0.3 is 0 Å². The van der Waals surface area contributed by atoms with E-state index in [0.717, 1.165) is 0 Å². The molecule has 4 heteroatoms. The quantitative estimate of drug-likeness (QED) is 0.345. The summed E-state index contributed by atoms with van der Waals surface area (Å²) in [5.74, 6) is 0. The van der Waals surface area contributed by atoms with Gasteiger partial charge in [0.1, 0.15) is 18.4 Å². The Morgan fingerprint density at radius 1 is 1.50 bits per heavy atom. The summed E-state index contributed by atoms with van der Waals surface area (Å²) in [5, 5.41) is 17.5. The molecule has 0 aromatic heterocycles. The van der Waals surface area contributed by atoms with Gasteiger partial charge in [-0.3, -0.25) is 0 Å². The lowest BCUT2D eigenvalue weighted by Crippen LogP contribution is -2.35. The van der Waals surface area contributed by atoms with Crippen molar-refractivity contribution in [3.05, 3.63) is 0 Å². The average molecular weight is 119 g/mol. The molecule has 3 atom stereocenters. The molecule has 1 fully saturated rings. The zero-order valence-electron chi connectivity index (χ0n) is 4.32. The minimum absolute atomic E-state index is 0.141. The molecule has 0 spiro atoms. The Hall–Kier alpha value is -0.160. The van der Waals surface area contributed by atoms with Crippen molar-refractivity contribution in [2.24, 2.45) is 5.73 Å². The summed E-state index contributed by atoms with van der Waals surface area (Å²) in [5.41, 5.74) is 5.14. The number of nitrogens with two attached hydrogens (primary N) is 1. The first-order valence-electron chi connectivity index (χ1n) is 2.45. The SMILES string of the molecule is NC1OCC(O)C1O. The minimum Gasteiger partial charge on any atom is -0.388 e. The van der Waals surface area contributed by atoms with Gasteiger partial charge in [-0.25, -0.2) is 0 Å². The van der Waals surface area contributed by atoms with E-state index in [1.54, 1.807) is 0 Å². The maximum absolute atomic E-state index is 8.77. The third-order valence-corrected chi connectivity index (χ3v) is 1.19. The van der Waals surface area contributed by atoms with E-state index in [1.165, 1.54) is 0 Å². The van der Waals surface area contributed by atoms with Crippen LogP contribution in [0.25, 0.3) is 0 Å². The van der Waals surface area contributed by atoms with E-state index < -0.39 is 18.4 Å². The zero-order valence-corrected chi connectivity index (χ0v) is 4.32. The van der Waals surface area contributed by atoms with E-state index in [1.807, 2.05) is 0 Å². The fraction of sp³-hybridized carbons (Fsp3) is 1.00. The molecule has 3 unspecified atom stereocenters. The topological polar surface area (TPSA) is 75.7 Å². The van der Waals surface area contributed by atoms with E-state index in [4.69, 9.17) is 15.9 Å². The molecule has 0 saturated carbocycles. The normalized spacial score (nSPS) is 47.6. The van der Waals surface area contributed by atoms with Gasteiger partial charge in [-0.05, 0) is 0 Å². The third-order valence-electron chi connectivity index (χ3n) is 1.19. The molecule has 0 aliphatic carbocycles. The molecule has 0 bridgehead atoms. The monoisotopic (exact) mass is 119 g/mol. The first-order valence-corrected chi connectivity index (χ1v) is 2.45. The van der Waals surface area contributed by atoms with Gasteiger partial charge in [0.15, 0.2) is 0 Å². The number of hydrogen-bond acceptors (Lipinski definition) is 4. The lowest BCUT2D eigenvalue weighted by Gasteiger charge is -2.07. The molecule has 1 saturated heterocycles. The molecule has 4 N–H and O–H groups in total. The Morgan fingerprint density at radius 3 is 2.25 bits per heavy atom. The lowest BCUT2D eigenvalue weighted by atomic mass is 10.2. The molecule has 0 aromatic rings. The van der Waals surface area contributed by atoms with Crippen LogP contribution in [0, 0.1) is 0 Å². The van der Waals surface area contributed by atoms with Crippen LogP contribution in [0.1, 0.15) is 0 Å². The van der Waals surface area contributed by atoms with E-state index >= 15 is 0 Å². The Morgan fingerprint density at radius 2 is 2.12 bits per heavy atom. The minimum atomic E-state index is -0.907. The van der Waals surface area contributed by atoms with Crippen LogP contribution in [-0.2, 0) is 4.74 Å². The first-order chi connectivity index (χ1) is 3.72. The van der Waals surface area contributed by atoms with Crippen molar-refractivity contribution >= 4 is 0 Å². The molecule has 1 rings (SSSR count). The summed E-state index contributed by atoms with van der Waals surface area (Å²) in [6, 6.07) is 0. The van der Waals surface area contributed by atoms with Crippen LogP contribution in [0.2, 0.25) is 0 Å². The molecule has 0 amide bonds. The van der Waals surface area contributed by atoms with Crippen LogP contribution < -0.4 is 5.73 Å². The molecular weight excluding hydrogens is 110 g/mol. The summed E-state index contributed by atoms with van der Waals surface area (Å²) in [6.45, 7) is 0.141. The highest BCUT2D eigenvalue weighted by Crippen LogP contribution is 2.08. The molecule has 48 valence electrons. The van der Waals surface area contributed by atoms with Gasteiger partial charge in [-0.2, -0.15) is 0 Å². The van der Waals surface area contributed by atoms with Crippen molar-refractivity contribution in [1.29, 1.82) is 0 Å². The van der Waals surface area contributed by atoms with Gasteiger partial charge in [-0.15, -0.1) is 0 Å².